The largest absolute Gasteiger partial charge is 0.469 e. The number of hydrogen-bond acceptors (Lipinski definition) is 6. The number of ketones is 1. The molecule has 0 amide bonds. The van der Waals surface area contributed by atoms with Crippen LogP contribution in [0.4, 0.5) is 4.39 Å². The van der Waals surface area contributed by atoms with E-state index in [0.29, 0.717) is 0 Å². The van der Waals surface area contributed by atoms with Crippen molar-refractivity contribution < 1.29 is 33.4 Å². The van der Waals surface area contributed by atoms with Crippen LogP contribution in [0.3, 0.4) is 0 Å². The maximum Gasteiger partial charge on any atom is 0.316 e. The SMILES string of the molecule is COC(=O)[C@H]1C(=O)C[C@@](C)(O)[C@@H](C(=O)OC)[C@H]1c1ccccc1F. The van der Waals surface area contributed by atoms with Crippen LogP contribution in [0.1, 0.15) is 24.8 Å². The zero-order valence-corrected chi connectivity index (χ0v) is 13.6. The first-order valence-corrected chi connectivity index (χ1v) is 7.39. The monoisotopic (exact) mass is 338 g/mol. The Morgan fingerprint density at radius 1 is 1.21 bits per heavy atom. The second-order valence-corrected chi connectivity index (χ2v) is 6.05. The molecule has 0 aromatic heterocycles. The minimum atomic E-state index is -1.78. The van der Waals surface area contributed by atoms with Crippen LogP contribution in [0.5, 0.6) is 0 Å². The van der Waals surface area contributed by atoms with E-state index in [9.17, 15) is 23.9 Å². The third-order valence-corrected chi connectivity index (χ3v) is 4.44. The number of methoxy groups -OCH3 is 2. The van der Waals surface area contributed by atoms with Crippen molar-refractivity contribution in [3.8, 4) is 0 Å². The van der Waals surface area contributed by atoms with Crippen LogP contribution in [0, 0.1) is 17.7 Å². The maximum atomic E-state index is 14.3. The van der Waals surface area contributed by atoms with Gasteiger partial charge in [0.05, 0.1) is 25.7 Å². The van der Waals surface area contributed by atoms with Gasteiger partial charge in [0.1, 0.15) is 11.7 Å². The highest BCUT2D eigenvalue weighted by atomic mass is 19.1. The Morgan fingerprint density at radius 2 is 1.79 bits per heavy atom. The summed E-state index contributed by atoms with van der Waals surface area (Å²) in [6.07, 6.45) is -0.433. The van der Waals surface area contributed by atoms with Gasteiger partial charge in [0.15, 0.2) is 5.78 Å². The van der Waals surface area contributed by atoms with Crippen molar-refractivity contribution in [2.75, 3.05) is 14.2 Å². The topological polar surface area (TPSA) is 89.9 Å². The van der Waals surface area contributed by atoms with Gasteiger partial charge in [-0.1, -0.05) is 18.2 Å². The summed E-state index contributed by atoms with van der Waals surface area (Å²) < 4.78 is 23.7. The first kappa shape index (κ1) is 18.1. The number of carbonyl (C=O) groups is 3. The van der Waals surface area contributed by atoms with Crippen molar-refractivity contribution in [1.82, 2.24) is 0 Å². The molecule has 1 aromatic rings. The maximum absolute atomic E-state index is 14.3. The first-order chi connectivity index (χ1) is 11.2. The minimum Gasteiger partial charge on any atom is -0.469 e. The van der Waals surface area contributed by atoms with Gasteiger partial charge in [0, 0.05) is 12.3 Å². The summed E-state index contributed by atoms with van der Waals surface area (Å²) in [5.41, 5.74) is -1.79. The molecule has 2 rings (SSSR count). The molecule has 1 aliphatic rings. The summed E-state index contributed by atoms with van der Waals surface area (Å²) in [4.78, 5) is 36.8. The molecule has 0 unspecified atom stereocenters. The Labute approximate surface area is 138 Å². The van der Waals surface area contributed by atoms with Crippen LogP contribution in [0.2, 0.25) is 0 Å². The predicted octanol–water partition coefficient (Wildman–Crippen LogP) is 1.21. The van der Waals surface area contributed by atoms with E-state index >= 15 is 0 Å². The fraction of sp³-hybridized carbons (Fsp3) is 0.471. The van der Waals surface area contributed by atoms with Crippen LogP contribution in [0.15, 0.2) is 24.3 Å². The lowest BCUT2D eigenvalue weighted by atomic mass is 9.61. The molecule has 0 spiro atoms. The summed E-state index contributed by atoms with van der Waals surface area (Å²) >= 11 is 0. The highest BCUT2D eigenvalue weighted by Gasteiger charge is 2.57. The second-order valence-electron chi connectivity index (χ2n) is 6.05. The molecule has 7 heteroatoms. The van der Waals surface area contributed by atoms with E-state index in [1.807, 2.05) is 0 Å². The van der Waals surface area contributed by atoms with E-state index in [-0.39, 0.29) is 5.56 Å². The number of carbonyl (C=O) groups excluding carboxylic acids is 3. The van der Waals surface area contributed by atoms with Crippen LogP contribution in [0.25, 0.3) is 0 Å². The van der Waals surface area contributed by atoms with Crippen molar-refractivity contribution in [2.45, 2.75) is 24.9 Å². The second kappa shape index (κ2) is 6.68. The minimum absolute atomic E-state index is 0.0170. The van der Waals surface area contributed by atoms with Gasteiger partial charge < -0.3 is 14.6 Å². The Morgan fingerprint density at radius 3 is 2.33 bits per heavy atom. The number of ether oxygens (including phenoxy) is 2. The summed E-state index contributed by atoms with van der Waals surface area (Å²) in [7, 11) is 2.23. The van der Waals surface area contributed by atoms with Crippen LogP contribution in [-0.4, -0.2) is 42.6 Å². The lowest BCUT2D eigenvalue weighted by Gasteiger charge is -2.43. The van der Waals surface area contributed by atoms with Gasteiger partial charge in [0.2, 0.25) is 0 Å². The van der Waals surface area contributed by atoms with Gasteiger partial charge in [-0.25, -0.2) is 4.39 Å². The van der Waals surface area contributed by atoms with E-state index in [0.717, 1.165) is 20.3 Å². The third-order valence-electron chi connectivity index (χ3n) is 4.44. The lowest BCUT2D eigenvalue weighted by Crippen LogP contribution is -2.55. The predicted molar refractivity (Wildman–Crippen MR) is 80.4 cm³/mol. The summed E-state index contributed by atoms with van der Waals surface area (Å²) in [6.45, 7) is 1.30. The van der Waals surface area contributed by atoms with Crippen molar-refractivity contribution in [2.24, 2.45) is 11.8 Å². The lowest BCUT2D eigenvalue weighted by molar-refractivity contribution is -0.170. The van der Waals surface area contributed by atoms with Gasteiger partial charge >= 0.3 is 11.9 Å². The molecular weight excluding hydrogens is 319 g/mol. The summed E-state index contributed by atoms with van der Waals surface area (Å²) in [5.74, 6) is -6.90. The van der Waals surface area contributed by atoms with Crippen LogP contribution in [-0.2, 0) is 23.9 Å². The fourth-order valence-corrected chi connectivity index (χ4v) is 3.39. The zero-order chi connectivity index (χ0) is 18.1. The molecule has 0 heterocycles. The molecule has 6 nitrogen and oxygen atoms in total. The smallest absolute Gasteiger partial charge is 0.316 e. The molecule has 1 aliphatic carbocycles. The molecule has 1 aromatic carbocycles. The summed E-state index contributed by atoms with van der Waals surface area (Å²) in [6, 6.07) is 5.50. The molecular formula is C17H19FO6. The molecule has 0 radical (unpaired) electrons. The van der Waals surface area contributed by atoms with Crippen LogP contribution >= 0.6 is 0 Å². The fourth-order valence-electron chi connectivity index (χ4n) is 3.39. The first-order valence-electron chi connectivity index (χ1n) is 7.39. The van der Waals surface area contributed by atoms with E-state index < -0.39 is 53.3 Å². The average Bonchev–Trinajstić information content (AvgIpc) is 2.52. The Hall–Kier alpha value is -2.28. The van der Waals surface area contributed by atoms with E-state index in [1.165, 1.54) is 25.1 Å². The van der Waals surface area contributed by atoms with E-state index in [1.54, 1.807) is 0 Å². The molecule has 130 valence electrons. The normalized spacial score (nSPS) is 29.9. The number of hydrogen-bond donors (Lipinski definition) is 1. The van der Waals surface area contributed by atoms with Crippen molar-refractivity contribution in [3.05, 3.63) is 35.6 Å². The van der Waals surface area contributed by atoms with Gasteiger partial charge in [-0.3, -0.25) is 14.4 Å². The Bertz CT molecular complexity index is 669. The van der Waals surface area contributed by atoms with Crippen molar-refractivity contribution in [3.63, 3.8) is 0 Å². The van der Waals surface area contributed by atoms with Crippen molar-refractivity contribution in [1.29, 1.82) is 0 Å². The number of aliphatic hydroxyl groups is 1. The molecule has 0 bridgehead atoms. The highest BCUT2D eigenvalue weighted by molar-refractivity contribution is 6.02. The number of benzene rings is 1. The zero-order valence-electron chi connectivity index (χ0n) is 13.6. The van der Waals surface area contributed by atoms with E-state index in [4.69, 9.17) is 4.74 Å². The average molecular weight is 338 g/mol. The third kappa shape index (κ3) is 3.03. The Balaban J connectivity index is 2.68. The molecule has 4 atom stereocenters. The molecule has 1 N–H and O–H groups in total. The van der Waals surface area contributed by atoms with Gasteiger partial charge in [-0.2, -0.15) is 0 Å². The van der Waals surface area contributed by atoms with Crippen molar-refractivity contribution >= 4 is 17.7 Å². The quantitative estimate of drug-likeness (QED) is 0.658. The number of Topliss-reactive ketones (excluding diaryl/α,β-unsaturated/α-hetero) is 1. The molecule has 0 saturated heterocycles. The number of rotatable bonds is 3. The summed E-state index contributed by atoms with van der Waals surface area (Å²) in [5, 5.41) is 10.6. The van der Waals surface area contributed by atoms with E-state index in [2.05, 4.69) is 4.74 Å². The molecule has 0 aliphatic heterocycles. The van der Waals surface area contributed by atoms with Gasteiger partial charge in [0.25, 0.3) is 0 Å². The number of esters is 2. The molecule has 24 heavy (non-hydrogen) atoms. The molecule has 1 fully saturated rings. The molecule has 1 saturated carbocycles. The van der Waals surface area contributed by atoms with Crippen LogP contribution < -0.4 is 0 Å². The Kier molecular flexibility index (Phi) is 5.03. The number of halogens is 1. The standard InChI is InChI=1S/C17H19FO6/c1-17(22)8-11(19)13(15(20)23-2)12(14(17)16(21)24-3)9-6-4-5-7-10(9)18/h4-7,12-14,22H,8H2,1-3H3/t12-,13-,14+,17+/m0/s1. The highest BCUT2D eigenvalue weighted by Crippen LogP contribution is 2.47. The van der Waals surface area contributed by atoms with Gasteiger partial charge in [-0.15, -0.1) is 0 Å². The van der Waals surface area contributed by atoms with Gasteiger partial charge in [-0.05, 0) is 18.6 Å².